The van der Waals surface area contributed by atoms with Crippen molar-refractivity contribution in [3.05, 3.63) is 0 Å². The summed E-state index contributed by atoms with van der Waals surface area (Å²) in [6.07, 6.45) is 21.6. The topological polar surface area (TPSA) is 43.4 Å². The minimum absolute atomic E-state index is 0.0346. The van der Waals surface area contributed by atoms with Gasteiger partial charge in [0.2, 0.25) is 0 Å². The van der Waals surface area contributed by atoms with Gasteiger partial charge in [-0.2, -0.15) is 0 Å². The smallest absolute Gasteiger partial charge is 0.320 e. The molecule has 0 amide bonds. The highest BCUT2D eigenvalue weighted by Crippen LogP contribution is 2.37. The average Bonchev–Trinajstić information content (AvgIpc) is 2.69. The highest BCUT2D eigenvalue weighted by Gasteiger charge is 2.47. The van der Waals surface area contributed by atoms with Gasteiger partial charge < -0.3 is 4.74 Å². The van der Waals surface area contributed by atoms with Gasteiger partial charge >= 0.3 is 5.97 Å². The van der Waals surface area contributed by atoms with Crippen LogP contribution in [0.4, 0.5) is 0 Å². The highest BCUT2D eigenvalue weighted by molar-refractivity contribution is 6.03. The predicted molar refractivity (Wildman–Crippen MR) is 133 cm³/mol. The maximum Gasteiger partial charge on any atom is 0.320 e. The first-order valence-electron chi connectivity index (χ1n) is 13.5. The van der Waals surface area contributed by atoms with E-state index in [4.69, 9.17) is 4.74 Å². The first kappa shape index (κ1) is 30.1. The van der Waals surface area contributed by atoms with Crippen molar-refractivity contribution in [1.82, 2.24) is 0 Å². The molecular weight excluding hydrogens is 384 g/mol. The van der Waals surface area contributed by atoms with Crippen molar-refractivity contribution in [3.63, 3.8) is 0 Å². The molecule has 0 aromatic rings. The first-order chi connectivity index (χ1) is 14.8. The second kappa shape index (κ2) is 18.7. The molecule has 1 atom stereocenters. The van der Waals surface area contributed by atoms with Gasteiger partial charge in [-0.05, 0) is 33.1 Å². The summed E-state index contributed by atoms with van der Waals surface area (Å²) in [6.45, 7) is 11.5. The molecule has 0 aliphatic heterocycles. The Bertz CT molecular complexity index is 455. The van der Waals surface area contributed by atoms with E-state index in [1.54, 1.807) is 6.92 Å². The number of carbonyl (C=O) groups is 2. The lowest BCUT2D eigenvalue weighted by molar-refractivity contribution is -0.167. The van der Waals surface area contributed by atoms with Crippen LogP contribution in [-0.2, 0) is 14.3 Å². The summed E-state index contributed by atoms with van der Waals surface area (Å²) >= 11 is 0. The summed E-state index contributed by atoms with van der Waals surface area (Å²) in [5.41, 5.74) is -0.972. The van der Waals surface area contributed by atoms with Gasteiger partial charge in [0.15, 0.2) is 0 Å². The molecule has 1 unspecified atom stereocenters. The van der Waals surface area contributed by atoms with Crippen molar-refractivity contribution in [2.24, 2.45) is 11.3 Å². The summed E-state index contributed by atoms with van der Waals surface area (Å²) in [5, 5.41) is 0. The molecule has 0 aromatic heterocycles. The van der Waals surface area contributed by atoms with E-state index in [1.807, 2.05) is 27.7 Å². The summed E-state index contributed by atoms with van der Waals surface area (Å²) in [5.74, 6) is -0.410. The fourth-order valence-corrected chi connectivity index (χ4v) is 4.62. The summed E-state index contributed by atoms with van der Waals surface area (Å²) in [4.78, 5) is 25.1. The molecule has 0 saturated heterocycles. The van der Waals surface area contributed by atoms with Gasteiger partial charge in [-0.25, -0.2) is 0 Å². The second-order valence-electron chi connectivity index (χ2n) is 10.2. The zero-order valence-corrected chi connectivity index (χ0v) is 21.9. The predicted octanol–water partition coefficient (Wildman–Crippen LogP) is 8.82. The molecule has 0 aromatic carbocycles. The number of Topliss-reactive ketones (excluding diaryl/α,β-unsaturated/α-hetero) is 1. The van der Waals surface area contributed by atoms with Gasteiger partial charge in [0, 0.05) is 0 Å². The van der Waals surface area contributed by atoms with Crippen LogP contribution in [0, 0.1) is 11.3 Å². The van der Waals surface area contributed by atoms with E-state index < -0.39 is 5.41 Å². The SMILES string of the molecule is CCCCCCCCCCCCCCCCCCC(C(C)=O)(C(=O)OC(C)C)C(C)C. The molecule has 0 N–H and O–H groups in total. The van der Waals surface area contributed by atoms with Crippen molar-refractivity contribution in [2.45, 2.75) is 157 Å². The number of ether oxygens (including phenoxy) is 1. The van der Waals surface area contributed by atoms with Crippen LogP contribution in [0.5, 0.6) is 0 Å². The van der Waals surface area contributed by atoms with Gasteiger partial charge in [0.25, 0.3) is 0 Å². The van der Waals surface area contributed by atoms with Crippen LogP contribution in [0.25, 0.3) is 0 Å². The van der Waals surface area contributed by atoms with Gasteiger partial charge in [0.1, 0.15) is 11.2 Å². The molecule has 0 spiro atoms. The number of rotatable bonds is 21. The van der Waals surface area contributed by atoms with Crippen LogP contribution < -0.4 is 0 Å². The molecule has 3 heteroatoms. The summed E-state index contributed by atoms with van der Waals surface area (Å²) in [6, 6.07) is 0. The molecule has 0 aliphatic carbocycles. The number of ketones is 1. The van der Waals surface area contributed by atoms with Crippen LogP contribution >= 0.6 is 0 Å². The van der Waals surface area contributed by atoms with Crippen LogP contribution in [0.3, 0.4) is 0 Å². The Hall–Kier alpha value is -0.860. The Morgan fingerprint density at radius 1 is 0.645 bits per heavy atom. The quantitative estimate of drug-likeness (QED) is 0.102. The normalized spacial score (nSPS) is 13.5. The third kappa shape index (κ3) is 13.3. The average molecular weight is 439 g/mol. The van der Waals surface area contributed by atoms with E-state index in [-0.39, 0.29) is 23.8 Å². The Kier molecular flexibility index (Phi) is 18.2. The molecule has 3 nitrogen and oxygen atoms in total. The molecule has 0 rings (SSSR count). The summed E-state index contributed by atoms with van der Waals surface area (Å²) < 4.78 is 5.46. The van der Waals surface area contributed by atoms with Crippen LogP contribution in [0.2, 0.25) is 0 Å². The van der Waals surface area contributed by atoms with Crippen molar-refractivity contribution in [2.75, 3.05) is 0 Å². The zero-order chi connectivity index (χ0) is 23.5. The lowest BCUT2D eigenvalue weighted by atomic mass is 9.70. The monoisotopic (exact) mass is 438 g/mol. The van der Waals surface area contributed by atoms with Crippen molar-refractivity contribution < 1.29 is 14.3 Å². The van der Waals surface area contributed by atoms with E-state index in [0.717, 1.165) is 12.8 Å². The third-order valence-corrected chi connectivity index (χ3v) is 6.75. The van der Waals surface area contributed by atoms with E-state index in [2.05, 4.69) is 6.92 Å². The van der Waals surface area contributed by atoms with Crippen molar-refractivity contribution in [3.8, 4) is 0 Å². The first-order valence-corrected chi connectivity index (χ1v) is 13.5. The lowest BCUT2D eigenvalue weighted by Crippen LogP contribution is -2.44. The highest BCUT2D eigenvalue weighted by atomic mass is 16.5. The third-order valence-electron chi connectivity index (χ3n) is 6.75. The fourth-order valence-electron chi connectivity index (χ4n) is 4.62. The maximum atomic E-state index is 12.7. The van der Waals surface area contributed by atoms with Crippen LogP contribution in [0.15, 0.2) is 0 Å². The molecule has 0 fully saturated rings. The molecule has 0 aliphatic rings. The van der Waals surface area contributed by atoms with E-state index in [0.29, 0.717) is 6.42 Å². The maximum absolute atomic E-state index is 12.7. The van der Waals surface area contributed by atoms with Gasteiger partial charge in [0.05, 0.1) is 6.10 Å². The van der Waals surface area contributed by atoms with E-state index in [9.17, 15) is 9.59 Å². The lowest BCUT2D eigenvalue weighted by Gasteiger charge is -2.33. The van der Waals surface area contributed by atoms with Gasteiger partial charge in [-0.3, -0.25) is 9.59 Å². The minimum Gasteiger partial charge on any atom is -0.462 e. The zero-order valence-electron chi connectivity index (χ0n) is 21.9. The Morgan fingerprint density at radius 3 is 1.29 bits per heavy atom. The molecule has 0 bridgehead atoms. The number of esters is 1. The van der Waals surface area contributed by atoms with E-state index in [1.165, 1.54) is 89.9 Å². The fraction of sp³-hybridized carbons (Fsp3) is 0.929. The Balaban J connectivity index is 3.85. The number of unbranched alkanes of at least 4 members (excludes halogenated alkanes) is 15. The molecule has 0 heterocycles. The van der Waals surface area contributed by atoms with E-state index >= 15 is 0 Å². The summed E-state index contributed by atoms with van der Waals surface area (Å²) in [7, 11) is 0. The van der Waals surface area contributed by atoms with Crippen molar-refractivity contribution >= 4 is 11.8 Å². The number of carbonyl (C=O) groups excluding carboxylic acids is 2. The standard InChI is InChI=1S/C28H54O3/c1-7-8-9-10-11-12-13-14-15-16-17-18-19-20-21-22-23-28(24(2)3,26(6)29)27(30)31-25(4)5/h24-25H,7-23H2,1-6H3. The number of hydrogen-bond acceptors (Lipinski definition) is 3. The molecule has 0 radical (unpaired) electrons. The van der Waals surface area contributed by atoms with Gasteiger partial charge in [-0.15, -0.1) is 0 Å². The Labute approximate surface area is 194 Å². The Morgan fingerprint density at radius 2 is 1.00 bits per heavy atom. The molecule has 0 saturated carbocycles. The van der Waals surface area contributed by atoms with Crippen molar-refractivity contribution in [1.29, 1.82) is 0 Å². The largest absolute Gasteiger partial charge is 0.462 e. The molecule has 31 heavy (non-hydrogen) atoms. The second-order valence-corrected chi connectivity index (χ2v) is 10.2. The molecule has 184 valence electrons. The van der Waals surface area contributed by atoms with Crippen LogP contribution in [0.1, 0.15) is 151 Å². The van der Waals surface area contributed by atoms with Crippen LogP contribution in [-0.4, -0.2) is 17.9 Å². The molecular formula is C28H54O3. The van der Waals surface area contributed by atoms with Gasteiger partial charge in [-0.1, -0.05) is 124 Å². The number of hydrogen-bond donors (Lipinski definition) is 0. The minimum atomic E-state index is -0.972.